The number of benzene rings is 2. The molecule has 1 saturated heterocycles. The summed E-state index contributed by atoms with van der Waals surface area (Å²) in [6.45, 7) is 1.98. The SMILES string of the molecule is O=C(CC1(c2ccccc2)CCN(C(=O)OCc2ccccc2)CC1)NCCc1ccncc1. The van der Waals surface area contributed by atoms with Gasteiger partial charge in [0, 0.05) is 43.9 Å². The number of piperidine rings is 1. The molecule has 6 nitrogen and oxygen atoms in total. The Bertz CT molecular complexity index is 1050. The van der Waals surface area contributed by atoms with Crippen molar-refractivity contribution in [2.45, 2.75) is 37.7 Å². The lowest BCUT2D eigenvalue weighted by Gasteiger charge is -2.41. The van der Waals surface area contributed by atoms with Crippen molar-refractivity contribution in [1.29, 1.82) is 0 Å². The van der Waals surface area contributed by atoms with Crippen LogP contribution < -0.4 is 5.32 Å². The number of aromatic nitrogens is 1. The van der Waals surface area contributed by atoms with Crippen molar-refractivity contribution in [3.8, 4) is 0 Å². The Morgan fingerprint density at radius 1 is 0.882 bits per heavy atom. The minimum Gasteiger partial charge on any atom is -0.445 e. The van der Waals surface area contributed by atoms with E-state index >= 15 is 0 Å². The number of likely N-dealkylation sites (tertiary alicyclic amines) is 1. The van der Waals surface area contributed by atoms with E-state index in [0.29, 0.717) is 26.1 Å². The molecule has 1 aliphatic heterocycles. The minimum absolute atomic E-state index is 0.0398. The van der Waals surface area contributed by atoms with Gasteiger partial charge in [0.05, 0.1) is 0 Å². The van der Waals surface area contributed by atoms with Crippen LogP contribution in [0.5, 0.6) is 0 Å². The van der Waals surface area contributed by atoms with E-state index in [4.69, 9.17) is 4.74 Å². The molecule has 34 heavy (non-hydrogen) atoms. The van der Waals surface area contributed by atoms with E-state index in [1.807, 2.05) is 60.7 Å². The van der Waals surface area contributed by atoms with Gasteiger partial charge in [-0.05, 0) is 48.1 Å². The number of carbonyl (C=O) groups excluding carboxylic acids is 2. The van der Waals surface area contributed by atoms with Crippen LogP contribution in [0, 0.1) is 0 Å². The maximum Gasteiger partial charge on any atom is 0.410 e. The van der Waals surface area contributed by atoms with Crippen molar-refractivity contribution in [2.75, 3.05) is 19.6 Å². The predicted molar refractivity (Wildman–Crippen MR) is 131 cm³/mol. The van der Waals surface area contributed by atoms with Crippen molar-refractivity contribution in [3.63, 3.8) is 0 Å². The fraction of sp³-hybridized carbons (Fsp3) is 0.321. The van der Waals surface area contributed by atoms with E-state index < -0.39 is 0 Å². The van der Waals surface area contributed by atoms with Crippen LogP contribution in [0.25, 0.3) is 0 Å². The molecule has 0 spiro atoms. The topological polar surface area (TPSA) is 71.5 Å². The summed E-state index contributed by atoms with van der Waals surface area (Å²) in [7, 11) is 0. The number of nitrogens with one attached hydrogen (secondary N) is 1. The second kappa shape index (κ2) is 11.5. The molecule has 1 N–H and O–H groups in total. The van der Waals surface area contributed by atoms with Crippen LogP contribution in [0.3, 0.4) is 0 Å². The van der Waals surface area contributed by atoms with Crippen molar-refractivity contribution in [1.82, 2.24) is 15.2 Å². The van der Waals surface area contributed by atoms with Gasteiger partial charge < -0.3 is 15.0 Å². The number of carbonyl (C=O) groups is 2. The van der Waals surface area contributed by atoms with Crippen molar-refractivity contribution in [2.24, 2.45) is 0 Å². The van der Waals surface area contributed by atoms with Crippen LogP contribution in [-0.2, 0) is 28.0 Å². The Kier molecular flexibility index (Phi) is 7.91. The summed E-state index contributed by atoms with van der Waals surface area (Å²) >= 11 is 0. The third kappa shape index (κ3) is 6.22. The number of amides is 2. The molecule has 0 radical (unpaired) electrons. The highest BCUT2D eigenvalue weighted by Crippen LogP contribution is 2.38. The molecule has 0 bridgehead atoms. The summed E-state index contributed by atoms with van der Waals surface area (Å²) in [5.41, 5.74) is 2.97. The smallest absolute Gasteiger partial charge is 0.410 e. The Morgan fingerprint density at radius 3 is 2.21 bits per heavy atom. The van der Waals surface area contributed by atoms with Crippen LogP contribution in [0.15, 0.2) is 85.2 Å². The highest BCUT2D eigenvalue weighted by Gasteiger charge is 2.39. The molecule has 2 heterocycles. The van der Waals surface area contributed by atoms with Gasteiger partial charge in [0.2, 0.25) is 5.91 Å². The molecule has 1 aromatic heterocycles. The minimum atomic E-state index is -0.299. The normalized spacial score (nSPS) is 14.9. The first-order valence-corrected chi connectivity index (χ1v) is 11.8. The third-order valence-corrected chi connectivity index (χ3v) is 6.55. The van der Waals surface area contributed by atoms with E-state index in [2.05, 4.69) is 22.4 Å². The lowest BCUT2D eigenvalue weighted by molar-refractivity contribution is -0.122. The van der Waals surface area contributed by atoms with Gasteiger partial charge in [0.25, 0.3) is 0 Å². The Labute approximate surface area is 201 Å². The molecule has 4 rings (SSSR count). The van der Waals surface area contributed by atoms with Gasteiger partial charge in [-0.2, -0.15) is 0 Å². The lowest BCUT2D eigenvalue weighted by Crippen LogP contribution is -2.47. The average molecular weight is 458 g/mol. The zero-order valence-corrected chi connectivity index (χ0v) is 19.4. The van der Waals surface area contributed by atoms with E-state index in [1.54, 1.807) is 17.3 Å². The largest absolute Gasteiger partial charge is 0.445 e. The zero-order valence-electron chi connectivity index (χ0n) is 19.4. The van der Waals surface area contributed by atoms with Gasteiger partial charge in [0.15, 0.2) is 0 Å². The maximum absolute atomic E-state index is 12.9. The predicted octanol–water partition coefficient (Wildman–Crippen LogP) is 4.50. The van der Waals surface area contributed by atoms with Crippen LogP contribution in [0.2, 0.25) is 0 Å². The molecular formula is C28H31N3O3. The molecule has 0 unspecified atom stereocenters. The molecule has 1 fully saturated rings. The van der Waals surface area contributed by atoms with Crippen LogP contribution in [0.1, 0.15) is 36.0 Å². The third-order valence-electron chi connectivity index (χ3n) is 6.55. The van der Waals surface area contributed by atoms with E-state index in [-0.39, 0.29) is 24.0 Å². The lowest BCUT2D eigenvalue weighted by atomic mass is 9.70. The van der Waals surface area contributed by atoms with E-state index in [0.717, 1.165) is 36.0 Å². The van der Waals surface area contributed by atoms with E-state index in [1.165, 1.54) is 0 Å². The molecule has 0 atom stereocenters. The Morgan fingerprint density at radius 2 is 1.53 bits per heavy atom. The van der Waals surface area contributed by atoms with Gasteiger partial charge >= 0.3 is 6.09 Å². The van der Waals surface area contributed by atoms with Crippen LogP contribution >= 0.6 is 0 Å². The number of hydrogen-bond donors (Lipinski definition) is 1. The summed E-state index contributed by atoms with van der Waals surface area (Å²) in [6, 6.07) is 23.8. The fourth-order valence-corrected chi connectivity index (χ4v) is 4.55. The summed E-state index contributed by atoms with van der Waals surface area (Å²) in [5, 5.41) is 3.08. The molecule has 2 aromatic carbocycles. The molecule has 176 valence electrons. The van der Waals surface area contributed by atoms with Gasteiger partial charge in [0.1, 0.15) is 6.61 Å². The summed E-state index contributed by atoms with van der Waals surface area (Å²) in [5.74, 6) is 0.0398. The first kappa shape index (κ1) is 23.5. The average Bonchev–Trinajstić information content (AvgIpc) is 2.89. The molecule has 1 aliphatic rings. The number of hydrogen-bond acceptors (Lipinski definition) is 4. The highest BCUT2D eigenvalue weighted by atomic mass is 16.6. The summed E-state index contributed by atoms with van der Waals surface area (Å²) in [6.07, 6.45) is 5.84. The van der Waals surface area contributed by atoms with Gasteiger partial charge in [-0.1, -0.05) is 60.7 Å². The number of nitrogens with zero attached hydrogens (tertiary/aromatic N) is 2. The van der Waals surface area contributed by atoms with Crippen molar-refractivity contribution >= 4 is 12.0 Å². The monoisotopic (exact) mass is 457 g/mol. The summed E-state index contributed by atoms with van der Waals surface area (Å²) < 4.78 is 5.52. The molecule has 0 saturated carbocycles. The first-order valence-electron chi connectivity index (χ1n) is 11.8. The van der Waals surface area contributed by atoms with E-state index in [9.17, 15) is 9.59 Å². The Balaban J connectivity index is 1.34. The molecule has 2 amide bonds. The Hall–Kier alpha value is -3.67. The molecule has 0 aliphatic carbocycles. The second-order valence-electron chi connectivity index (χ2n) is 8.81. The van der Waals surface area contributed by atoms with Crippen molar-refractivity contribution < 1.29 is 14.3 Å². The van der Waals surface area contributed by atoms with Gasteiger partial charge in [-0.25, -0.2) is 4.79 Å². The summed E-state index contributed by atoms with van der Waals surface area (Å²) in [4.78, 5) is 31.3. The number of ether oxygens (including phenoxy) is 1. The number of pyridine rings is 1. The second-order valence-corrected chi connectivity index (χ2v) is 8.81. The van der Waals surface area contributed by atoms with Crippen LogP contribution in [0.4, 0.5) is 4.79 Å². The van der Waals surface area contributed by atoms with Gasteiger partial charge in [-0.15, -0.1) is 0 Å². The number of rotatable bonds is 8. The maximum atomic E-state index is 12.9. The fourth-order valence-electron chi connectivity index (χ4n) is 4.55. The molecular weight excluding hydrogens is 426 g/mol. The first-order chi connectivity index (χ1) is 16.6. The van der Waals surface area contributed by atoms with Crippen LogP contribution in [-0.4, -0.2) is 41.5 Å². The molecule has 3 aromatic rings. The van der Waals surface area contributed by atoms with Crippen molar-refractivity contribution in [3.05, 3.63) is 102 Å². The quantitative estimate of drug-likeness (QED) is 0.541. The standard InChI is InChI=1S/C28H31N3O3/c32-26(30-18-13-23-11-16-29-17-12-23)21-28(25-9-5-2-6-10-25)14-19-31(20-15-28)27(33)34-22-24-7-3-1-4-8-24/h1-12,16-17H,13-15,18-22H2,(H,30,32). The molecule has 6 heteroatoms. The van der Waals surface area contributed by atoms with Gasteiger partial charge in [-0.3, -0.25) is 9.78 Å². The highest BCUT2D eigenvalue weighted by molar-refractivity contribution is 5.78. The zero-order chi connectivity index (χ0) is 23.6.